The second-order valence-electron chi connectivity index (χ2n) is 7.15. The van der Waals surface area contributed by atoms with Crippen molar-refractivity contribution in [2.45, 2.75) is 16.7 Å². The maximum Gasteiger partial charge on any atom is 0.211 e. The van der Waals surface area contributed by atoms with Crippen molar-refractivity contribution in [2.24, 2.45) is 0 Å². The van der Waals surface area contributed by atoms with Gasteiger partial charge in [-0.2, -0.15) is 0 Å². The maximum absolute atomic E-state index is 13.5. The first-order valence-corrected chi connectivity index (χ1v) is 12.3. The zero-order valence-corrected chi connectivity index (χ0v) is 19.4. The van der Waals surface area contributed by atoms with E-state index in [1.54, 1.807) is 24.3 Å². The SMILES string of the molecule is Cc1ccc(C(=O)c2sc(Nc3ccccc3)c(S(=O)(=O)c3ccc(Cl)cc3)c2N)cc1. The van der Waals surface area contributed by atoms with Crippen LogP contribution in [-0.2, 0) is 9.84 Å². The predicted molar refractivity (Wildman–Crippen MR) is 130 cm³/mol. The summed E-state index contributed by atoms with van der Waals surface area (Å²) in [6.07, 6.45) is 0. The molecule has 1 aromatic heterocycles. The second kappa shape index (κ2) is 8.78. The Balaban J connectivity index is 1.87. The molecule has 8 heteroatoms. The first-order valence-electron chi connectivity index (χ1n) is 9.64. The molecule has 162 valence electrons. The normalized spacial score (nSPS) is 11.3. The number of nitrogens with two attached hydrogens (primary N) is 1. The van der Waals surface area contributed by atoms with E-state index in [9.17, 15) is 13.2 Å². The number of para-hydroxylation sites is 1. The van der Waals surface area contributed by atoms with Crippen LogP contribution in [0.1, 0.15) is 20.8 Å². The summed E-state index contributed by atoms with van der Waals surface area (Å²) in [6.45, 7) is 1.92. The smallest absolute Gasteiger partial charge is 0.211 e. The number of halogens is 1. The highest BCUT2D eigenvalue weighted by Gasteiger charge is 2.31. The van der Waals surface area contributed by atoms with Crippen LogP contribution in [0, 0.1) is 6.92 Å². The molecule has 32 heavy (non-hydrogen) atoms. The standard InChI is InChI=1S/C24H19ClN2O3S2/c1-15-7-9-16(10-8-15)21(28)22-20(26)23(24(31-22)27-18-5-3-2-4-6-18)32(29,30)19-13-11-17(25)12-14-19/h2-14,27H,26H2,1H3. The molecule has 4 aromatic rings. The summed E-state index contributed by atoms with van der Waals surface area (Å²) >= 11 is 6.95. The molecule has 0 aliphatic heterocycles. The van der Waals surface area contributed by atoms with Crippen LogP contribution in [-0.4, -0.2) is 14.2 Å². The molecule has 0 saturated heterocycles. The highest BCUT2D eigenvalue weighted by atomic mass is 35.5. The Morgan fingerprint density at radius 1 is 0.938 bits per heavy atom. The van der Waals surface area contributed by atoms with Crippen molar-refractivity contribution in [3.05, 3.63) is 99.9 Å². The molecule has 3 aromatic carbocycles. The van der Waals surface area contributed by atoms with Gasteiger partial charge in [-0.3, -0.25) is 4.79 Å². The molecule has 0 aliphatic carbocycles. The highest BCUT2D eigenvalue weighted by molar-refractivity contribution is 7.92. The summed E-state index contributed by atoms with van der Waals surface area (Å²) in [6, 6.07) is 22.0. The number of ketones is 1. The van der Waals surface area contributed by atoms with Crippen molar-refractivity contribution >= 4 is 54.9 Å². The number of rotatable bonds is 6. The Kier molecular flexibility index (Phi) is 6.06. The number of hydrogen-bond acceptors (Lipinski definition) is 6. The van der Waals surface area contributed by atoms with E-state index in [4.69, 9.17) is 17.3 Å². The Morgan fingerprint density at radius 3 is 2.19 bits per heavy atom. The minimum absolute atomic E-state index is 0.0387. The zero-order valence-electron chi connectivity index (χ0n) is 17.0. The third-order valence-corrected chi connectivity index (χ3v) is 8.20. The summed E-state index contributed by atoms with van der Waals surface area (Å²) in [5.74, 6) is -0.332. The lowest BCUT2D eigenvalue weighted by atomic mass is 10.1. The number of nitrogens with one attached hydrogen (secondary N) is 1. The van der Waals surface area contributed by atoms with Crippen molar-refractivity contribution in [3.63, 3.8) is 0 Å². The van der Waals surface area contributed by atoms with Gasteiger partial charge in [0.05, 0.1) is 10.6 Å². The van der Waals surface area contributed by atoms with E-state index in [2.05, 4.69) is 5.32 Å². The average molecular weight is 483 g/mol. The van der Waals surface area contributed by atoms with Crippen LogP contribution < -0.4 is 11.1 Å². The fourth-order valence-electron chi connectivity index (χ4n) is 3.17. The molecule has 0 radical (unpaired) electrons. The van der Waals surface area contributed by atoms with Crippen LogP contribution >= 0.6 is 22.9 Å². The number of benzene rings is 3. The molecule has 0 spiro atoms. The van der Waals surface area contributed by atoms with Gasteiger partial charge in [-0.25, -0.2) is 8.42 Å². The summed E-state index contributed by atoms with van der Waals surface area (Å²) in [7, 11) is -4.03. The monoisotopic (exact) mass is 482 g/mol. The third-order valence-electron chi connectivity index (χ3n) is 4.84. The van der Waals surface area contributed by atoms with E-state index < -0.39 is 9.84 Å². The zero-order chi connectivity index (χ0) is 22.9. The van der Waals surface area contributed by atoms with Crippen LogP contribution in [0.4, 0.5) is 16.4 Å². The molecule has 5 nitrogen and oxygen atoms in total. The Labute approximate surface area is 195 Å². The fourth-order valence-corrected chi connectivity index (χ4v) is 6.23. The lowest BCUT2D eigenvalue weighted by Crippen LogP contribution is -2.08. The minimum Gasteiger partial charge on any atom is -0.396 e. The van der Waals surface area contributed by atoms with Crippen LogP contribution in [0.2, 0.25) is 5.02 Å². The molecular weight excluding hydrogens is 464 g/mol. The molecule has 0 amide bonds. The van der Waals surface area contributed by atoms with Crippen molar-refractivity contribution < 1.29 is 13.2 Å². The molecular formula is C24H19ClN2O3S2. The van der Waals surface area contributed by atoms with Crippen molar-refractivity contribution in [2.75, 3.05) is 11.1 Å². The number of thiophene rings is 1. The maximum atomic E-state index is 13.5. The van der Waals surface area contributed by atoms with E-state index in [0.29, 0.717) is 16.3 Å². The summed E-state index contributed by atoms with van der Waals surface area (Å²) in [5, 5.41) is 3.81. The molecule has 0 bridgehead atoms. The first kappa shape index (κ1) is 22.1. The highest BCUT2D eigenvalue weighted by Crippen LogP contribution is 2.44. The molecule has 1 heterocycles. The summed E-state index contributed by atoms with van der Waals surface area (Å²) in [4.78, 5) is 13.3. The van der Waals surface area contributed by atoms with Gasteiger partial charge in [-0.1, -0.05) is 59.6 Å². The van der Waals surface area contributed by atoms with Gasteiger partial charge in [0.1, 0.15) is 14.8 Å². The number of aryl methyl sites for hydroxylation is 1. The Hall–Kier alpha value is -3.13. The number of sulfone groups is 1. The molecule has 0 fully saturated rings. The Bertz CT molecular complexity index is 1380. The number of nitrogen functional groups attached to an aromatic ring is 1. The first-order chi connectivity index (χ1) is 15.3. The van der Waals surface area contributed by atoms with Crippen molar-refractivity contribution in [1.82, 2.24) is 0 Å². The number of carbonyl (C=O) groups excluding carboxylic acids is 1. The predicted octanol–water partition coefficient (Wildman–Crippen LogP) is 6.10. The van der Waals surface area contributed by atoms with Crippen LogP contribution in [0.25, 0.3) is 0 Å². The number of hydrogen-bond donors (Lipinski definition) is 2. The Morgan fingerprint density at radius 2 is 1.56 bits per heavy atom. The van der Waals surface area contributed by atoms with Crippen molar-refractivity contribution in [3.8, 4) is 0 Å². The third kappa shape index (κ3) is 4.27. The largest absolute Gasteiger partial charge is 0.396 e. The van der Waals surface area contributed by atoms with Crippen LogP contribution in [0.5, 0.6) is 0 Å². The van der Waals surface area contributed by atoms with Crippen LogP contribution in [0.3, 0.4) is 0 Å². The number of anilines is 3. The van der Waals surface area contributed by atoms with Gasteiger partial charge >= 0.3 is 0 Å². The lowest BCUT2D eigenvalue weighted by Gasteiger charge is -2.09. The van der Waals surface area contributed by atoms with E-state index in [1.165, 1.54) is 24.3 Å². The summed E-state index contributed by atoms with van der Waals surface area (Å²) in [5.41, 5.74) is 8.37. The molecule has 0 saturated carbocycles. The van der Waals surface area contributed by atoms with Gasteiger partial charge in [0.2, 0.25) is 15.6 Å². The van der Waals surface area contributed by atoms with Gasteiger partial charge in [-0.15, -0.1) is 11.3 Å². The van der Waals surface area contributed by atoms with Gasteiger partial charge in [0, 0.05) is 16.3 Å². The molecule has 0 unspecified atom stereocenters. The molecule has 0 atom stereocenters. The van der Waals surface area contributed by atoms with E-state index in [-0.39, 0.29) is 31.1 Å². The topological polar surface area (TPSA) is 89.3 Å². The van der Waals surface area contributed by atoms with Crippen LogP contribution in [0.15, 0.2) is 88.7 Å². The number of carbonyl (C=O) groups is 1. The van der Waals surface area contributed by atoms with E-state index in [0.717, 1.165) is 16.9 Å². The lowest BCUT2D eigenvalue weighted by molar-refractivity contribution is 0.104. The minimum atomic E-state index is -4.03. The van der Waals surface area contributed by atoms with Crippen molar-refractivity contribution in [1.29, 1.82) is 0 Å². The van der Waals surface area contributed by atoms with Gasteiger partial charge < -0.3 is 11.1 Å². The average Bonchev–Trinajstić information content (AvgIpc) is 3.11. The fraction of sp³-hybridized carbons (Fsp3) is 0.0417. The van der Waals surface area contributed by atoms with E-state index >= 15 is 0 Å². The molecule has 0 aliphatic rings. The second-order valence-corrected chi connectivity index (χ2v) is 10.5. The van der Waals surface area contributed by atoms with Gasteiger partial charge in [0.25, 0.3) is 0 Å². The molecule has 3 N–H and O–H groups in total. The quantitative estimate of drug-likeness (QED) is 0.324. The summed E-state index contributed by atoms with van der Waals surface area (Å²) < 4.78 is 27.1. The van der Waals surface area contributed by atoms with E-state index in [1.807, 2.05) is 37.3 Å². The molecule has 4 rings (SSSR count). The van der Waals surface area contributed by atoms with Gasteiger partial charge in [-0.05, 0) is 43.3 Å². The van der Waals surface area contributed by atoms with Gasteiger partial charge in [0.15, 0.2) is 0 Å².